The zero-order valence-corrected chi connectivity index (χ0v) is 14.0. The van der Waals surface area contributed by atoms with E-state index in [1.54, 1.807) is 4.90 Å². The maximum Gasteiger partial charge on any atom is 0.230 e. The molecule has 2 rings (SSSR count). The second-order valence-corrected chi connectivity index (χ2v) is 7.96. The van der Waals surface area contributed by atoms with Crippen LogP contribution in [-0.2, 0) is 9.36 Å². The average molecular weight is 315 g/mol. The van der Waals surface area contributed by atoms with Crippen molar-refractivity contribution >= 4 is 23.7 Å². The van der Waals surface area contributed by atoms with Crippen molar-refractivity contribution in [3.63, 3.8) is 0 Å². The molecule has 0 saturated heterocycles. The fraction of sp³-hybridized carbons (Fsp3) is 0.278. The van der Waals surface area contributed by atoms with E-state index in [1.165, 1.54) is 0 Å². The predicted octanol–water partition coefficient (Wildman–Crippen LogP) is 2.87. The predicted molar refractivity (Wildman–Crippen MR) is 92.6 cm³/mol. The monoisotopic (exact) mass is 315 g/mol. The smallest absolute Gasteiger partial charge is 0.230 e. The van der Waals surface area contributed by atoms with Crippen molar-refractivity contribution < 1.29 is 9.36 Å². The van der Waals surface area contributed by atoms with Crippen LogP contribution in [0.3, 0.4) is 0 Å². The van der Waals surface area contributed by atoms with Crippen LogP contribution in [0.15, 0.2) is 60.7 Å². The van der Waals surface area contributed by atoms with Crippen molar-refractivity contribution in [1.82, 2.24) is 4.90 Å². The van der Waals surface area contributed by atoms with E-state index in [-0.39, 0.29) is 12.1 Å². The molecule has 1 amide bonds. The van der Waals surface area contributed by atoms with Crippen LogP contribution in [0.2, 0.25) is 0 Å². The fourth-order valence-corrected chi connectivity index (χ4v) is 5.09. The Balaban J connectivity index is 2.44. The normalized spacial score (nSPS) is 11.2. The average Bonchev–Trinajstić information content (AvgIpc) is 2.57. The molecule has 2 aromatic carbocycles. The highest BCUT2D eigenvalue weighted by Gasteiger charge is 2.31. The number of benzene rings is 2. The molecule has 0 aromatic heterocycles. The third-order valence-electron chi connectivity index (χ3n) is 3.82. The molecule has 0 N–H and O–H groups in total. The van der Waals surface area contributed by atoms with Gasteiger partial charge in [0.05, 0.1) is 6.16 Å². The first kappa shape index (κ1) is 16.5. The molecule has 4 heteroatoms. The molecule has 116 valence electrons. The Morgan fingerprint density at radius 1 is 0.864 bits per heavy atom. The second kappa shape index (κ2) is 7.42. The highest BCUT2D eigenvalue weighted by Crippen LogP contribution is 2.43. The van der Waals surface area contributed by atoms with Gasteiger partial charge >= 0.3 is 0 Å². The van der Waals surface area contributed by atoms with Crippen molar-refractivity contribution in [2.45, 2.75) is 13.8 Å². The zero-order chi connectivity index (χ0) is 16.0. The van der Waals surface area contributed by atoms with E-state index >= 15 is 0 Å². The number of carbonyl (C=O) groups excluding carboxylic acids is 1. The molecule has 22 heavy (non-hydrogen) atoms. The Kier molecular flexibility index (Phi) is 5.57. The van der Waals surface area contributed by atoms with Gasteiger partial charge in [0, 0.05) is 23.7 Å². The molecule has 3 nitrogen and oxygen atoms in total. The molecule has 0 aliphatic carbocycles. The van der Waals surface area contributed by atoms with Crippen LogP contribution in [0.25, 0.3) is 0 Å². The Morgan fingerprint density at radius 2 is 1.27 bits per heavy atom. The van der Waals surface area contributed by atoms with Crippen molar-refractivity contribution in [1.29, 1.82) is 0 Å². The first-order valence-corrected chi connectivity index (χ1v) is 9.49. The number of hydrogen-bond acceptors (Lipinski definition) is 2. The summed E-state index contributed by atoms with van der Waals surface area (Å²) in [7, 11) is -2.95. The van der Waals surface area contributed by atoms with Crippen molar-refractivity contribution in [2.75, 3.05) is 19.3 Å². The quantitative estimate of drug-likeness (QED) is 0.769. The van der Waals surface area contributed by atoms with Gasteiger partial charge in [-0.05, 0) is 13.8 Å². The summed E-state index contributed by atoms with van der Waals surface area (Å²) in [5.41, 5.74) is 0. The lowest BCUT2D eigenvalue weighted by atomic mass is 10.4. The minimum Gasteiger partial charge on any atom is -0.343 e. The molecule has 0 fully saturated rings. The van der Waals surface area contributed by atoms with E-state index in [9.17, 15) is 9.36 Å². The fourth-order valence-electron chi connectivity index (χ4n) is 2.54. The molecule has 2 aromatic rings. The Labute approximate surface area is 132 Å². The number of carbonyl (C=O) groups is 1. The lowest BCUT2D eigenvalue weighted by Crippen LogP contribution is -2.35. The maximum atomic E-state index is 13.7. The van der Waals surface area contributed by atoms with Gasteiger partial charge in [0.25, 0.3) is 0 Å². The number of hydrogen-bond donors (Lipinski definition) is 0. The maximum absolute atomic E-state index is 13.7. The van der Waals surface area contributed by atoms with Crippen LogP contribution < -0.4 is 10.6 Å². The van der Waals surface area contributed by atoms with Crippen LogP contribution in [0.4, 0.5) is 0 Å². The summed E-state index contributed by atoms with van der Waals surface area (Å²) in [6.07, 6.45) is 0.0444. The topological polar surface area (TPSA) is 37.4 Å². The van der Waals surface area contributed by atoms with Gasteiger partial charge in [-0.1, -0.05) is 60.7 Å². The Morgan fingerprint density at radius 3 is 1.64 bits per heavy atom. The largest absolute Gasteiger partial charge is 0.343 e. The van der Waals surface area contributed by atoms with Gasteiger partial charge in [0.1, 0.15) is 0 Å². The molecule has 0 saturated carbocycles. The molecule has 0 heterocycles. The summed E-state index contributed by atoms with van der Waals surface area (Å²) in [6, 6.07) is 18.7. The summed E-state index contributed by atoms with van der Waals surface area (Å²) in [5.74, 6) is -0.0546. The third kappa shape index (κ3) is 3.48. The van der Waals surface area contributed by atoms with Gasteiger partial charge in [0.15, 0.2) is 7.14 Å². The molecule has 0 radical (unpaired) electrons. The Hall–Kier alpha value is -1.86. The van der Waals surface area contributed by atoms with Crippen LogP contribution in [0, 0.1) is 0 Å². The van der Waals surface area contributed by atoms with Gasteiger partial charge in [0.2, 0.25) is 5.91 Å². The molecule has 0 atom stereocenters. The summed E-state index contributed by atoms with van der Waals surface area (Å²) in [6.45, 7) is 5.16. The van der Waals surface area contributed by atoms with Crippen molar-refractivity contribution in [3.8, 4) is 0 Å². The van der Waals surface area contributed by atoms with E-state index in [1.807, 2.05) is 74.5 Å². The highest BCUT2D eigenvalue weighted by atomic mass is 31.2. The highest BCUT2D eigenvalue weighted by molar-refractivity contribution is 7.79. The van der Waals surface area contributed by atoms with Crippen LogP contribution in [0.5, 0.6) is 0 Å². The van der Waals surface area contributed by atoms with Gasteiger partial charge in [-0.25, -0.2) is 0 Å². The number of nitrogens with zero attached hydrogens (tertiary/aromatic N) is 1. The third-order valence-corrected chi connectivity index (χ3v) is 6.80. The molecule has 0 aliphatic heterocycles. The number of amides is 1. The summed E-state index contributed by atoms with van der Waals surface area (Å²) in [4.78, 5) is 14.3. The first-order valence-electron chi connectivity index (χ1n) is 7.60. The second-order valence-electron chi connectivity index (χ2n) is 5.13. The standard InChI is InChI=1S/C18H22NO2P/c1-3-19(4-2)18(20)15-22(21,16-11-7-5-8-12-16)17-13-9-6-10-14-17/h5-14H,3-4,15H2,1-2H3. The van der Waals surface area contributed by atoms with Crippen LogP contribution in [-0.4, -0.2) is 30.1 Å². The molecule has 0 aliphatic rings. The first-order chi connectivity index (χ1) is 10.6. The molecular formula is C18H22NO2P. The molecular weight excluding hydrogens is 293 g/mol. The minimum absolute atomic E-state index is 0.0444. The van der Waals surface area contributed by atoms with Gasteiger partial charge < -0.3 is 9.46 Å². The molecule has 0 spiro atoms. The van der Waals surface area contributed by atoms with Gasteiger partial charge in [-0.2, -0.15) is 0 Å². The lowest BCUT2D eigenvalue weighted by molar-refractivity contribution is -0.128. The minimum atomic E-state index is -2.95. The van der Waals surface area contributed by atoms with Crippen LogP contribution in [0.1, 0.15) is 13.8 Å². The summed E-state index contributed by atoms with van der Waals surface area (Å²) in [5, 5.41) is 1.48. The van der Waals surface area contributed by atoms with E-state index in [4.69, 9.17) is 0 Å². The molecule has 0 bridgehead atoms. The lowest BCUT2D eigenvalue weighted by Gasteiger charge is -2.24. The van der Waals surface area contributed by atoms with Crippen molar-refractivity contribution in [2.24, 2.45) is 0 Å². The van der Waals surface area contributed by atoms with Crippen molar-refractivity contribution in [3.05, 3.63) is 60.7 Å². The van der Waals surface area contributed by atoms with E-state index in [2.05, 4.69) is 0 Å². The van der Waals surface area contributed by atoms with Gasteiger partial charge in [-0.15, -0.1) is 0 Å². The van der Waals surface area contributed by atoms with Gasteiger partial charge in [-0.3, -0.25) is 4.79 Å². The van der Waals surface area contributed by atoms with E-state index in [0.29, 0.717) is 13.1 Å². The molecule has 0 unspecified atom stereocenters. The Bertz CT molecular complexity index is 608. The van der Waals surface area contributed by atoms with Crippen LogP contribution >= 0.6 is 7.14 Å². The zero-order valence-electron chi connectivity index (χ0n) is 13.1. The number of rotatable bonds is 6. The summed E-state index contributed by atoms with van der Waals surface area (Å²) < 4.78 is 13.7. The SMILES string of the molecule is CCN(CC)C(=O)CP(=O)(c1ccccc1)c1ccccc1. The van der Waals surface area contributed by atoms with E-state index < -0.39 is 7.14 Å². The van der Waals surface area contributed by atoms with E-state index in [0.717, 1.165) is 10.6 Å². The summed E-state index contributed by atoms with van der Waals surface area (Å²) >= 11 is 0.